The van der Waals surface area contributed by atoms with Gasteiger partial charge in [-0.25, -0.2) is 0 Å². The second kappa shape index (κ2) is 4.30. The van der Waals surface area contributed by atoms with Gasteiger partial charge in [0.2, 0.25) is 0 Å². The molecule has 1 N–H and O–H groups in total. The van der Waals surface area contributed by atoms with Crippen molar-refractivity contribution in [2.24, 2.45) is 5.41 Å². The number of hydrogen-bond donors (Lipinski definition) is 1. The van der Waals surface area contributed by atoms with Crippen molar-refractivity contribution < 1.29 is 14.6 Å². The van der Waals surface area contributed by atoms with Crippen molar-refractivity contribution in [1.82, 2.24) is 0 Å². The van der Waals surface area contributed by atoms with Crippen LogP contribution in [0.5, 0.6) is 0 Å². The van der Waals surface area contributed by atoms with E-state index in [0.29, 0.717) is 6.42 Å². The van der Waals surface area contributed by atoms with E-state index in [2.05, 4.69) is 20.8 Å². The number of hydrogen-bond acceptors (Lipinski definition) is 3. The first-order chi connectivity index (χ1) is 6.37. The Bertz CT molecular complexity index is 205. The monoisotopic (exact) mass is 200 g/mol. The molecule has 1 saturated heterocycles. The summed E-state index contributed by atoms with van der Waals surface area (Å²) in [5, 5.41) is 9.38. The Morgan fingerprint density at radius 3 is 2.64 bits per heavy atom. The van der Waals surface area contributed by atoms with Gasteiger partial charge in [-0.15, -0.1) is 0 Å². The summed E-state index contributed by atoms with van der Waals surface area (Å²) < 4.78 is 5.15. The van der Waals surface area contributed by atoms with Crippen LogP contribution in [-0.4, -0.2) is 23.3 Å². The van der Waals surface area contributed by atoms with Crippen LogP contribution >= 0.6 is 0 Å². The molecule has 2 atom stereocenters. The number of rotatable bonds is 2. The minimum absolute atomic E-state index is 0.0783. The summed E-state index contributed by atoms with van der Waals surface area (Å²) >= 11 is 0. The van der Waals surface area contributed by atoms with Gasteiger partial charge in [0.1, 0.15) is 6.10 Å². The first kappa shape index (κ1) is 11.5. The zero-order chi connectivity index (χ0) is 10.8. The van der Waals surface area contributed by atoms with Crippen molar-refractivity contribution in [2.45, 2.75) is 58.7 Å². The van der Waals surface area contributed by atoms with Gasteiger partial charge in [0.15, 0.2) is 0 Å². The first-order valence-corrected chi connectivity index (χ1v) is 5.24. The second-order valence-electron chi connectivity index (χ2n) is 5.30. The molecule has 0 bridgehead atoms. The van der Waals surface area contributed by atoms with E-state index in [4.69, 9.17) is 4.74 Å². The summed E-state index contributed by atoms with van der Waals surface area (Å²) in [6, 6.07) is 0. The lowest BCUT2D eigenvalue weighted by Crippen LogP contribution is -2.33. The van der Waals surface area contributed by atoms with E-state index in [1.807, 2.05) is 0 Å². The fraction of sp³-hybridized carbons (Fsp3) is 0.909. The van der Waals surface area contributed by atoms with E-state index in [1.54, 1.807) is 0 Å². The van der Waals surface area contributed by atoms with Crippen LogP contribution in [0.15, 0.2) is 0 Å². The van der Waals surface area contributed by atoms with E-state index in [-0.39, 0.29) is 23.9 Å². The number of carbonyl (C=O) groups is 1. The zero-order valence-electron chi connectivity index (χ0n) is 9.25. The molecule has 3 nitrogen and oxygen atoms in total. The molecule has 1 heterocycles. The molecular formula is C11H20O3. The minimum Gasteiger partial charge on any atom is -0.462 e. The molecule has 0 spiro atoms. The molecule has 1 aliphatic heterocycles. The lowest BCUT2D eigenvalue weighted by Gasteiger charge is -2.28. The van der Waals surface area contributed by atoms with E-state index in [1.165, 1.54) is 0 Å². The smallest absolute Gasteiger partial charge is 0.308 e. The van der Waals surface area contributed by atoms with Gasteiger partial charge >= 0.3 is 5.97 Å². The number of cyclic esters (lactones) is 1. The Kier molecular flexibility index (Phi) is 3.53. The van der Waals surface area contributed by atoms with Gasteiger partial charge in [0, 0.05) is 6.42 Å². The molecule has 3 heteroatoms. The highest BCUT2D eigenvalue weighted by atomic mass is 16.5. The van der Waals surface area contributed by atoms with Gasteiger partial charge < -0.3 is 9.84 Å². The molecule has 1 rings (SSSR count). The number of carbonyl (C=O) groups excluding carboxylic acids is 1. The Hall–Kier alpha value is -0.570. The Balaban J connectivity index is 2.34. The molecule has 0 aromatic carbocycles. The quantitative estimate of drug-likeness (QED) is 0.692. The van der Waals surface area contributed by atoms with Crippen LogP contribution in [0.4, 0.5) is 0 Å². The fourth-order valence-electron chi connectivity index (χ4n) is 1.63. The summed E-state index contributed by atoms with van der Waals surface area (Å²) in [5.74, 6) is -0.261. The van der Waals surface area contributed by atoms with Gasteiger partial charge in [0.05, 0.1) is 12.5 Å². The Labute approximate surface area is 85.5 Å². The van der Waals surface area contributed by atoms with Gasteiger partial charge in [-0.3, -0.25) is 4.79 Å². The molecule has 1 fully saturated rings. The lowest BCUT2D eigenvalue weighted by molar-refractivity contribution is -0.160. The highest BCUT2D eigenvalue weighted by Gasteiger charge is 2.27. The third kappa shape index (κ3) is 4.09. The predicted molar refractivity (Wildman–Crippen MR) is 53.8 cm³/mol. The van der Waals surface area contributed by atoms with E-state index in [0.717, 1.165) is 12.8 Å². The molecule has 14 heavy (non-hydrogen) atoms. The Morgan fingerprint density at radius 2 is 2.14 bits per heavy atom. The molecular weight excluding hydrogens is 180 g/mol. The molecule has 0 aliphatic carbocycles. The van der Waals surface area contributed by atoms with Crippen LogP contribution in [0.3, 0.4) is 0 Å². The van der Waals surface area contributed by atoms with Gasteiger partial charge in [-0.2, -0.15) is 0 Å². The average Bonchev–Trinajstić information content (AvgIpc) is 1.97. The summed E-state index contributed by atoms with van der Waals surface area (Å²) in [6.07, 6.45) is 2.05. The zero-order valence-corrected chi connectivity index (χ0v) is 9.25. The van der Waals surface area contributed by atoms with Crippen molar-refractivity contribution in [1.29, 1.82) is 0 Å². The maximum atomic E-state index is 11.0. The molecule has 1 aliphatic rings. The molecule has 0 amide bonds. The SMILES string of the molecule is CC(C)(C)CC[C@@H]1C[C@@H](O)CC(=O)O1. The Morgan fingerprint density at radius 1 is 1.50 bits per heavy atom. The predicted octanol–water partition coefficient (Wildman–Crippen LogP) is 1.88. The maximum Gasteiger partial charge on any atom is 0.308 e. The largest absolute Gasteiger partial charge is 0.462 e. The van der Waals surface area contributed by atoms with E-state index >= 15 is 0 Å². The first-order valence-electron chi connectivity index (χ1n) is 5.24. The minimum atomic E-state index is -0.499. The fourth-order valence-corrected chi connectivity index (χ4v) is 1.63. The normalized spacial score (nSPS) is 28.7. The van der Waals surface area contributed by atoms with Crippen LogP contribution in [0.2, 0.25) is 0 Å². The highest BCUT2D eigenvalue weighted by Crippen LogP contribution is 2.26. The van der Waals surface area contributed by atoms with Crippen LogP contribution in [-0.2, 0) is 9.53 Å². The number of aliphatic hydroxyl groups excluding tert-OH is 1. The van der Waals surface area contributed by atoms with Crippen LogP contribution < -0.4 is 0 Å². The van der Waals surface area contributed by atoms with E-state index in [9.17, 15) is 9.90 Å². The number of aliphatic hydroxyl groups is 1. The molecule has 0 radical (unpaired) electrons. The highest BCUT2D eigenvalue weighted by molar-refractivity contribution is 5.70. The molecule has 82 valence electrons. The van der Waals surface area contributed by atoms with Crippen molar-refractivity contribution in [3.8, 4) is 0 Å². The lowest BCUT2D eigenvalue weighted by atomic mass is 9.87. The van der Waals surface area contributed by atoms with Crippen LogP contribution in [0.1, 0.15) is 46.5 Å². The summed E-state index contributed by atoms with van der Waals surface area (Å²) in [4.78, 5) is 11.0. The van der Waals surface area contributed by atoms with Crippen molar-refractivity contribution in [2.75, 3.05) is 0 Å². The summed E-state index contributed by atoms with van der Waals surface area (Å²) in [5.41, 5.74) is 0.259. The van der Waals surface area contributed by atoms with Crippen molar-refractivity contribution in [3.63, 3.8) is 0 Å². The number of esters is 1. The van der Waals surface area contributed by atoms with Crippen LogP contribution in [0.25, 0.3) is 0 Å². The maximum absolute atomic E-state index is 11.0. The van der Waals surface area contributed by atoms with E-state index < -0.39 is 6.10 Å². The van der Waals surface area contributed by atoms with Gasteiger partial charge in [-0.05, 0) is 18.3 Å². The standard InChI is InChI=1S/C11H20O3/c1-11(2,3)5-4-9-6-8(12)7-10(13)14-9/h8-9,12H,4-7H2,1-3H3/t8-,9-/m1/s1. The molecule has 0 unspecified atom stereocenters. The molecule has 0 aromatic rings. The topological polar surface area (TPSA) is 46.5 Å². The summed E-state index contributed by atoms with van der Waals surface area (Å²) in [7, 11) is 0. The van der Waals surface area contributed by atoms with Crippen LogP contribution in [0, 0.1) is 5.41 Å². The summed E-state index contributed by atoms with van der Waals surface area (Å²) in [6.45, 7) is 6.48. The molecule has 0 saturated carbocycles. The van der Waals surface area contributed by atoms with Crippen molar-refractivity contribution in [3.05, 3.63) is 0 Å². The van der Waals surface area contributed by atoms with Crippen molar-refractivity contribution >= 4 is 5.97 Å². The third-order valence-electron chi connectivity index (χ3n) is 2.45. The number of ether oxygens (including phenoxy) is 1. The average molecular weight is 200 g/mol. The third-order valence-corrected chi connectivity index (χ3v) is 2.45. The molecule has 0 aromatic heterocycles. The van der Waals surface area contributed by atoms with Gasteiger partial charge in [-0.1, -0.05) is 20.8 Å². The van der Waals surface area contributed by atoms with Gasteiger partial charge in [0.25, 0.3) is 0 Å². The second-order valence-corrected chi connectivity index (χ2v) is 5.30.